The van der Waals surface area contributed by atoms with Gasteiger partial charge in [-0.05, 0) is 48.5 Å². The zero-order chi connectivity index (χ0) is 40.0. The highest BCUT2D eigenvalue weighted by atomic mass is 16.3. The van der Waals surface area contributed by atoms with E-state index in [2.05, 4.69) is 94.1 Å². The van der Waals surface area contributed by atoms with Gasteiger partial charge in [0, 0.05) is 49.6 Å². The molecule has 0 N–H and O–H groups in total. The molecule has 0 spiro atoms. The van der Waals surface area contributed by atoms with Crippen molar-refractivity contribution in [3.05, 3.63) is 182 Å². The van der Waals surface area contributed by atoms with E-state index in [1.54, 1.807) is 0 Å². The zero-order valence-corrected chi connectivity index (χ0v) is 32.3. The van der Waals surface area contributed by atoms with Crippen molar-refractivity contribution in [2.45, 2.75) is 0 Å². The van der Waals surface area contributed by atoms with Crippen molar-refractivity contribution < 1.29 is 4.42 Å². The molecule has 6 aromatic heterocycles. The molecule has 9 nitrogen and oxygen atoms in total. The van der Waals surface area contributed by atoms with Crippen LogP contribution < -0.4 is 0 Å². The molecule has 7 aromatic carbocycles. The number of rotatable bonds is 5. The number of para-hydroxylation sites is 3. The van der Waals surface area contributed by atoms with Crippen LogP contribution in [-0.4, -0.2) is 39.0 Å². The second-order valence-electron chi connectivity index (χ2n) is 15.2. The van der Waals surface area contributed by atoms with E-state index < -0.39 is 0 Å². The molecule has 61 heavy (non-hydrogen) atoms. The highest BCUT2D eigenvalue weighted by Crippen LogP contribution is 2.42. The first-order valence-electron chi connectivity index (χ1n) is 20.1. The second kappa shape index (κ2) is 13.0. The van der Waals surface area contributed by atoms with Gasteiger partial charge in [0.1, 0.15) is 5.52 Å². The van der Waals surface area contributed by atoms with Crippen molar-refractivity contribution >= 4 is 76.5 Å². The van der Waals surface area contributed by atoms with Crippen LogP contribution >= 0.6 is 0 Å². The summed E-state index contributed by atoms with van der Waals surface area (Å²) in [6.45, 7) is 0. The number of benzene rings is 7. The van der Waals surface area contributed by atoms with Gasteiger partial charge in [0.25, 0.3) is 0 Å². The molecule has 9 heteroatoms. The van der Waals surface area contributed by atoms with Crippen LogP contribution in [0.1, 0.15) is 0 Å². The summed E-state index contributed by atoms with van der Waals surface area (Å²) in [5.41, 5.74) is 10.5. The average molecular weight is 783 g/mol. The third-order valence-electron chi connectivity index (χ3n) is 11.7. The summed E-state index contributed by atoms with van der Waals surface area (Å²) in [5.74, 6) is 2.03. The summed E-state index contributed by atoms with van der Waals surface area (Å²) in [7, 11) is 0. The molecule has 0 fully saturated rings. The molecule has 0 unspecified atom stereocenters. The molecule has 0 bridgehead atoms. The van der Waals surface area contributed by atoms with E-state index in [0.717, 1.165) is 93.3 Å². The lowest BCUT2D eigenvalue weighted by molar-refractivity contribution is 0.620. The highest BCUT2D eigenvalue weighted by Gasteiger charge is 2.25. The van der Waals surface area contributed by atoms with Gasteiger partial charge in [-0.15, -0.1) is 0 Å². The largest absolute Gasteiger partial charge is 0.435 e. The molecule has 0 saturated carbocycles. The van der Waals surface area contributed by atoms with Gasteiger partial charge in [-0.2, -0.15) is 9.97 Å². The van der Waals surface area contributed by atoms with Crippen LogP contribution in [0, 0.1) is 0 Å². The van der Waals surface area contributed by atoms with E-state index in [4.69, 9.17) is 34.3 Å². The molecule has 0 aliphatic carbocycles. The Morgan fingerprint density at radius 3 is 1.89 bits per heavy atom. The van der Waals surface area contributed by atoms with E-state index in [0.29, 0.717) is 29.1 Å². The molecule has 13 rings (SSSR count). The highest BCUT2D eigenvalue weighted by molar-refractivity contribution is 6.23. The van der Waals surface area contributed by atoms with Crippen molar-refractivity contribution in [2.75, 3.05) is 0 Å². The van der Waals surface area contributed by atoms with Crippen LogP contribution in [0.2, 0.25) is 0 Å². The van der Waals surface area contributed by atoms with Crippen LogP contribution in [0.15, 0.2) is 187 Å². The first-order valence-corrected chi connectivity index (χ1v) is 20.1. The molecule has 0 radical (unpaired) electrons. The van der Waals surface area contributed by atoms with E-state index in [9.17, 15) is 0 Å². The lowest BCUT2D eigenvalue weighted by Gasteiger charge is -2.13. The maximum Gasteiger partial charge on any atom is 0.238 e. The Kier molecular flexibility index (Phi) is 7.11. The number of nitrogens with zero attached hydrogens (tertiary/aromatic N) is 8. The van der Waals surface area contributed by atoms with E-state index in [1.165, 1.54) is 0 Å². The van der Waals surface area contributed by atoms with Gasteiger partial charge in [-0.3, -0.25) is 14.5 Å². The smallest absolute Gasteiger partial charge is 0.238 e. The minimum Gasteiger partial charge on any atom is -0.435 e. The Labute approximate surface area is 346 Å². The minimum atomic E-state index is 0.475. The quantitative estimate of drug-likeness (QED) is 0.160. The van der Waals surface area contributed by atoms with Crippen molar-refractivity contribution in [2.24, 2.45) is 0 Å². The van der Waals surface area contributed by atoms with E-state index in [1.807, 2.05) is 97.3 Å². The van der Waals surface area contributed by atoms with Gasteiger partial charge < -0.3 is 8.98 Å². The third kappa shape index (κ3) is 5.07. The van der Waals surface area contributed by atoms with Crippen molar-refractivity contribution in [1.29, 1.82) is 0 Å². The average Bonchev–Trinajstić information content (AvgIpc) is 4.02. The second-order valence-corrected chi connectivity index (χ2v) is 15.2. The minimum absolute atomic E-state index is 0.475. The Bertz CT molecular complexity index is 3890. The van der Waals surface area contributed by atoms with Gasteiger partial charge in [-0.25, -0.2) is 9.97 Å². The Morgan fingerprint density at radius 1 is 0.443 bits per heavy atom. The van der Waals surface area contributed by atoms with Crippen LogP contribution in [0.3, 0.4) is 0 Å². The summed E-state index contributed by atoms with van der Waals surface area (Å²) in [5, 5.41) is 6.45. The molecular formula is C52H30N8O. The number of hydrogen-bond acceptors (Lipinski definition) is 7. The van der Waals surface area contributed by atoms with Crippen LogP contribution in [-0.2, 0) is 0 Å². The maximum atomic E-state index is 6.54. The van der Waals surface area contributed by atoms with Crippen molar-refractivity contribution in [1.82, 2.24) is 39.0 Å². The lowest BCUT2D eigenvalue weighted by atomic mass is 10.1. The molecule has 0 atom stereocenters. The van der Waals surface area contributed by atoms with Gasteiger partial charge in [-0.1, -0.05) is 121 Å². The fourth-order valence-electron chi connectivity index (χ4n) is 8.95. The summed E-state index contributed by atoms with van der Waals surface area (Å²) >= 11 is 0. The van der Waals surface area contributed by atoms with Crippen molar-refractivity contribution in [3.63, 3.8) is 0 Å². The van der Waals surface area contributed by atoms with Gasteiger partial charge >= 0.3 is 0 Å². The summed E-state index contributed by atoms with van der Waals surface area (Å²) in [4.78, 5) is 30.5. The summed E-state index contributed by atoms with van der Waals surface area (Å²) < 4.78 is 11.1. The van der Waals surface area contributed by atoms with E-state index in [-0.39, 0.29) is 0 Å². The summed E-state index contributed by atoms with van der Waals surface area (Å²) in [6, 6.07) is 57.9. The van der Waals surface area contributed by atoms with Crippen molar-refractivity contribution in [3.8, 4) is 45.9 Å². The molecule has 0 aliphatic heterocycles. The predicted octanol–water partition coefficient (Wildman–Crippen LogP) is 12.3. The Balaban J connectivity index is 1.13. The first-order chi connectivity index (χ1) is 30.2. The number of pyridine rings is 2. The first kappa shape index (κ1) is 33.4. The molecule has 6 heterocycles. The SMILES string of the molecule is c1ccc(-c2nc(-c3cccc4nc(-c5ccccc5)oc34)nc(-n3c4ccccc4c4ccc5c6ccccc6n(-c6cnc7c(ccc8cccnc87)c6)c5c43)n2)cc1. The maximum absolute atomic E-state index is 6.54. The number of aromatic nitrogens is 8. The van der Waals surface area contributed by atoms with Gasteiger partial charge in [0.05, 0.1) is 50.5 Å². The van der Waals surface area contributed by atoms with Gasteiger partial charge in [0.2, 0.25) is 11.8 Å². The summed E-state index contributed by atoms with van der Waals surface area (Å²) in [6.07, 6.45) is 3.79. The predicted molar refractivity (Wildman–Crippen MR) is 243 cm³/mol. The molecule has 284 valence electrons. The molecule has 0 amide bonds. The van der Waals surface area contributed by atoms with E-state index >= 15 is 0 Å². The lowest BCUT2D eigenvalue weighted by Crippen LogP contribution is -2.07. The normalized spacial score (nSPS) is 11.9. The molecule has 0 aliphatic rings. The molecule has 0 saturated heterocycles. The fraction of sp³-hybridized carbons (Fsp3) is 0. The monoisotopic (exact) mass is 782 g/mol. The Morgan fingerprint density at radius 2 is 1.10 bits per heavy atom. The van der Waals surface area contributed by atoms with Crippen LogP contribution in [0.5, 0.6) is 0 Å². The molecular weight excluding hydrogens is 753 g/mol. The topological polar surface area (TPSA) is 100 Å². The van der Waals surface area contributed by atoms with Crippen LogP contribution in [0.4, 0.5) is 0 Å². The number of hydrogen-bond donors (Lipinski definition) is 0. The Hall–Kier alpha value is -8.56. The number of oxazole rings is 1. The zero-order valence-electron chi connectivity index (χ0n) is 32.3. The fourth-order valence-corrected chi connectivity index (χ4v) is 8.95. The molecule has 13 aromatic rings. The number of fused-ring (bicyclic) bond motifs is 11. The van der Waals surface area contributed by atoms with Gasteiger partial charge in [0.15, 0.2) is 17.2 Å². The standard InChI is InChI=1S/C52H30N8O/c1-3-13-32(14-4-1)49-56-50(40-20-11-21-41-48(40)61-51(55-41)33-15-5-2-6-16-33)58-52(57-49)60-43-23-10-8-19-37(43)39-27-26-38-36-18-7-9-22-42(36)59(46(38)47(39)60)35-29-34-25-24-31-17-12-28-53-44(31)45(34)54-30-35/h1-30H. The third-order valence-corrected chi connectivity index (χ3v) is 11.7. The van der Waals surface area contributed by atoms with Crippen LogP contribution in [0.25, 0.3) is 122 Å².